The molecule has 0 aliphatic heterocycles. The molecule has 1 heterocycles. The number of nitrogens with zero attached hydrogens (tertiary/aromatic N) is 2. The Morgan fingerprint density at radius 3 is 2.81 bits per heavy atom. The second kappa shape index (κ2) is 7.51. The summed E-state index contributed by atoms with van der Waals surface area (Å²) in [6, 6.07) is 10.3. The van der Waals surface area contributed by atoms with Crippen LogP contribution in [0, 0.1) is 11.3 Å². The summed E-state index contributed by atoms with van der Waals surface area (Å²) in [4.78, 5) is 2.06. The minimum Gasteiger partial charge on any atom is -0.472 e. The van der Waals surface area contributed by atoms with E-state index in [1.165, 1.54) is 0 Å². The molecular weight excluding hydrogens is 262 g/mol. The Kier molecular flexibility index (Phi) is 5.42. The van der Waals surface area contributed by atoms with E-state index in [2.05, 4.69) is 29.3 Å². The molecular formula is C17H21N3O. The molecule has 110 valence electrons. The van der Waals surface area contributed by atoms with Crippen molar-refractivity contribution in [2.24, 2.45) is 0 Å². The Bertz CT molecular complexity index is 599. The lowest BCUT2D eigenvalue weighted by Gasteiger charge is -2.20. The van der Waals surface area contributed by atoms with Crippen molar-refractivity contribution in [1.29, 1.82) is 5.26 Å². The maximum atomic E-state index is 9.37. The van der Waals surface area contributed by atoms with Gasteiger partial charge in [-0.3, -0.25) is 0 Å². The van der Waals surface area contributed by atoms with E-state index in [4.69, 9.17) is 4.42 Å². The van der Waals surface area contributed by atoms with Gasteiger partial charge in [-0.25, -0.2) is 0 Å². The summed E-state index contributed by atoms with van der Waals surface area (Å²) >= 11 is 0. The third-order valence-electron chi connectivity index (χ3n) is 3.35. The van der Waals surface area contributed by atoms with E-state index < -0.39 is 0 Å². The Labute approximate surface area is 126 Å². The SMILES string of the molecule is CCCNCc1ccc(N(C)Cc2ccoc2)c(C#N)c1. The van der Waals surface area contributed by atoms with Gasteiger partial charge in [-0.15, -0.1) is 0 Å². The van der Waals surface area contributed by atoms with Crippen LogP contribution >= 0.6 is 0 Å². The average molecular weight is 283 g/mol. The number of hydrogen-bond acceptors (Lipinski definition) is 4. The van der Waals surface area contributed by atoms with E-state index in [1.807, 2.05) is 25.2 Å². The second-order valence-electron chi connectivity index (χ2n) is 5.13. The zero-order chi connectivity index (χ0) is 15.1. The highest BCUT2D eigenvalue weighted by Crippen LogP contribution is 2.22. The molecule has 0 bridgehead atoms. The first-order chi connectivity index (χ1) is 10.2. The third kappa shape index (κ3) is 4.11. The molecule has 0 fully saturated rings. The first-order valence-electron chi connectivity index (χ1n) is 7.20. The summed E-state index contributed by atoms with van der Waals surface area (Å²) in [7, 11) is 1.98. The van der Waals surface area contributed by atoms with Crippen molar-refractivity contribution in [3.63, 3.8) is 0 Å². The summed E-state index contributed by atoms with van der Waals surface area (Å²) in [5, 5.41) is 12.7. The molecule has 2 rings (SSSR count). The molecule has 0 saturated carbocycles. The predicted molar refractivity (Wildman–Crippen MR) is 84.0 cm³/mol. The maximum Gasteiger partial charge on any atom is 0.101 e. The van der Waals surface area contributed by atoms with Crippen LogP contribution in [-0.2, 0) is 13.1 Å². The Morgan fingerprint density at radius 1 is 1.29 bits per heavy atom. The van der Waals surface area contributed by atoms with E-state index in [9.17, 15) is 5.26 Å². The standard InChI is InChI=1S/C17H21N3O/c1-3-7-19-11-14-4-5-17(16(9-14)10-18)20(2)12-15-6-8-21-13-15/h4-6,8-9,13,19H,3,7,11-12H2,1-2H3. The van der Waals surface area contributed by atoms with Gasteiger partial charge in [0.15, 0.2) is 0 Å². The minimum absolute atomic E-state index is 0.705. The van der Waals surface area contributed by atoms with Gasteiger partial charge in [-0.2, -0.15) is 5.26 Å². The highest BCUT2D eigenvalue weighted by atomic mass is 16.3. The molecule has 0 radical (unpaired) electrons. The molecule has 4 heteroatoms. The molecule has 1 aromatic carbocycles. The lowest BCUT2D eigenvalue weighted by atomic mass is 10.1. The molecule has 0 unspecified atom stereocenters. The van der Waals surface area contributed by atoms with E-state index >= 15 is 0 Å². The molecule has 0 amide bonds. The van der Waals surface area contributed by atoms with Gasteiger partial charge < -0.3 is 14.6 Å². The molecule has 0 aliphatic carbocycles. The van der Waals surface area contributed by atoms with E-state index in [1.54, 1.807) is 12.5 Å². The van der Waals surface area contributed by atoms with Crippen LogP contribution in [0.2, 0.25) is 0 Å². The average Bonchev–Trinajstić information content (AvgIpc) is 3.00. The normalized spacial score (nSPS) is 10.3. The van der Waals surface area contributed by atoms with Gasteiger partial charge in [0, 0.05) is 25.7 Å². The van der Waals surface area contributed by atoms with Crippen LogP contribution in [-0.4, -0.2) is 13.6 Å². The van der Waals surface area contributed by atoms with Gasteiger partial charge in [0.1, 0.15) is 6.07 Å². The van der Waals surface area contributed by atoms with Gasteiger partial charge in [-0.05, 0) is 36.7 Å². The summed E-state index contributed by atoms with van der Waals surface area (Å²) in [6.07, 6.45) is 4.50. The first kappa shape index (κ1) is 15.1. The molecule has 0 aliphatic rings. The fourth-order valence-electron chi connectivity index (χ4n) is 2.27. The Balaban J connectivity index is 2.10. The molecule has 4 nitrogen and oxygen atoms in total. The number of anilines is 1. The van der Waals surface area contributed by atoms with E-state index in [-0.39, 0.29) is 0 Å². The predicted octanol–water partition coefficient (Wildman–Crippen LogP) is 3.29. The molecule has 0 spiro atoms. The van der Waals surface area contributed by atoms with Gasteiger partial charge in [-0.1, -0.05) is 13.0 Å². The van der Waals surface area contributed by atoms with Crippen LogP contribution < -0.4 is 10.2 Å². The molecule has 1 aromatic heterocycles. The van der Waals surface area contributed by atoms with E-state index in [0.29, 0.717) is 5.56 Å². The molecule has 1 N–H and O–H groups in total. The topological polar surface area (TPSA) is 52.2 Å². The highest BCUT2D eigenvalue weighted by Gasteiger charge is 2.09. The Hall–Kier alpha value is -2.25. The molecule has 21 heavy (non-hydrogen) atoms. The van der Waals surface area contributed by atoms with Crippen molar-refractivity contribution in [2.45, 2.75) is 26.4 Å². The number of benzene rings is 1. The van der Waals surface area contributed by atoms with Crippen molar-refractivity contribution < 1.29 is 4.42 Å². The zero-order valence-electron chi connectivity index (χ0n) is 12.6. The zero-order valence-corrected chi connectivity index (χ0v) is 12.6. The third-order valence-corrected chi connectivity index (χ3v) is 3.35. The number of nitriles is 1. The van der Waals surface area contributed by atoms with Gasteiger partial charge >= 0.3 is 0 Å². The first-order valence-corrected chi connectivity index (χ1v) is 7.20. The fraction of sp³-hybridized carbons (Fsp3) is 0.353. The van der Waals surface area contributed by atoms with Crippen LogP contribution in [0.4, 0.5) is 5.69 Å². The summed E-state index contributed by atoms with van der Waals surface area (Å²) in [5.41, 5.74) is 3.88. The molecule has 0 atom stereocenters. The maximum absolute atomic E-state index is 9.37. The van der Waals surface area contributed by atoms with Gasteiger partial charge in [0.25, 0.3) is 0 Å². The van der Waals surface area contributed by atoms with Crippen molar-refractivity contribution in [2.75, 3.05) is 18.5 Å². The highest BCUT2D eigenvalue weighted by molar-refractivity contribution is 5.60. The largest absolute Gasteiger partial charge is 0.472 e. The number of rotatable bonds is 7. The van der Waals surface area contributed by atoms with Crippen LogP contribution in [0.1, 0.15) is 30.0 Å². The van der Waals surface area contributed by atoms with Crippen LogP contribution in [0.25, 0.3) is 0 Å². The van der Waals surface area contributed by atoms with Crippen molar-refractivity contribution in [3.05, 3.63) is 53.5 Å². The quantitative estimate of drug-likeness (QED) is 0.792. The van der Waals surface area contributed by atoms with Crippen LogP contribution in [0.3, 0.4) is 0 Å². The van der Waals surface area contributed by atoms with Crippen LogP contribution in [0.15, 0.2) is 41.2 Å². The van der Waals surface area contributed by atoms with Crippen molar-refractivity contribution in [1.82, 2.24) is 5.32 Å². The molecule has 0 saturated heterocycles. The lowest BCUT2D eigenvalue weighted by Crippen LogP contribution is -2.18. The minimum atomic E-state index is 0.705. The monoisotopic (exact) mass is 283 g/mol. The number of nitrogens with one attached hydrogen (secondary N) is 1. The fourth-order valence-corrected chi connectivity index (χ4v) is 2.27. The van der Waals surface area contributed by atoms with Crippen LogP contribution in [0.5, 0.6) is 0 Å². The van der Waals surface area contributed by atoms with Crippen molar-refractivity contribution in [3.8, 4) is 6.07 Å². The summed E-state index contributed by atoms with van der Waals surface area (Å²) in [5.74, 6) is 0. The molecule has 2 aromatic rings. The number of hydrogen-bond donors (Lipinski definition) is 1. The van der Waals surface area contributed by atoms with Gasteiger partial charge in [0.2, 0.25) is 0 Å². The van der Waals surface area contributed by atoms with E-state index in [0.717, 1.165) is 42.9 Å². The smallest absolute Gasteiger partial charge is 0.101 e. The summed E-state index contributed by atoms with van der Waals surface area (Å²) < 4.78 is 5.08. The van der Waals surface area contributed by atoms with Crippen molar-refractivity contribution >= 4 is 5.69 Å². The second-order valence-corrected chi connectivity index (χ2v) is 5.13. The Morgan fingerprint density at radius 2 is 2.14 bits per heavy atom. The summed E-state index contributed by atoms with van der Waals surface area (Å²) in [6.45, 7) is 4.65. The van der Waals surface area contributed by atoms with Gasteiger partial charge in [0.05, 0.1) is 23.8 Å². The number of furan rings is 1. The lowest BCUT2D eigenvalue weighted by molar-refractivity contribution is 0.563.